The van der Waals surface area contributed by atoms with Crippen LogP contribution in [-0.4, -0.2) is 46.5 Å². The Morgan fingerprint density at radius 1 is 0.447 bits per heavy atom. The van der Waals surface area contributed by atoms with Gasteiger partial charge in [-0.1, -0.05) is 47.5 Å². The van der Waals surface area contributed by atoms with Crippen LogP contribution >= 0.6 is 23.2 Å². The van der Waals surface area contributed by atoms with E-state index in [4.69, 9.17) is 23.2 Å². The number of benzene rings is 4. The molecule has 0 radical (unpaired) electrons. The van der Waals surface area contributed by atoms with Crippen LogP contribution in [0.4, 0.5) is 0 Å². The number of carbonyl (C=O) groups excluding carboxylic acids is 4. The molecule has 6 nitrogen and oxygen atoms in total. The molecule has 6 rings (SSSR count). The van der Waals surface area contributed by atoms with Crippen LogP contribution in [0.25, 0.3) is 10.8 Å². The first-order valence-corrected chi connectivity index (χ1v) is 12.9. The van der Waals surface area contributed by atoms with Crippen LogP contribution in [0.1, 0.15) is 52.6 Å². The van der Waals surface area contributed by atoms with Gasteiger partial charge in [0, 0.05) is 56.2 Å². The molecule has 2 aliphatic heterocycles. The second kappa shape index (κ2) is 9.39. The number of halogens is 2. The average Bonchev–Trinajstić information content (AvgIpc) is 2.92. The third kappa shape index (κ3) is 3.97. The summed E-state index contributed by atoms with van der Waals surface area (Å²) in [6, 6.07) is 20.8. The fraction of sp³-hybridized carbons (Fsp3) is 0.133. The van der Waals surface area contributed by atoms with Gasteiger partial charge in [0.15, 0.2) is 0 Å². The van der Waals surface area contributed by atoms with Gasteiger partial charge >= 0.3 is 0 Å². The van der Waals surface area contributed by atoms with Crippen molar-refractivity contribution in [3.63, 3.8) is 0 Å². The van der Waals surface area contributed by atoms with Gasteiger partial charge in [-0.25, -0.2) is 0 Å². The Labute approximate surface area is 228 Å². The lowest BCUT2D eigenvalue weighted by Gasteiger charge is -2.32. The van der Waals surface area contributed by atoms with Crippen LogP contribution in [0.5, 0.6) is 0 Å². The molecule has 0 bridgehead atoms. The largest absolute Gasteiger partial charge is 0.274 e. The van der Waals surface area contributed by atoms with Crippen molar-refractivity contribution in [3.8, 4) is 0 Å². The molecule has 0 fully saturated rings. The summed E-state index contributed by atoms with van der Waals surface area (Å²) < 4.78 is 0. The summed E-state index contributed by atoms with van der Waals surface area (Å²) in [5.74, 6) is -1.76. The Morgan fingerprint density at radius 2 is 0.737 bits per heavy atom. The van der Waals surface area contributed by atoms with Crippen molar-refractivity contribution in [3.05, 3.63) is 116 Å². The van der Waals surface area contributed by atoms with Crippen LogP contribution < -0.4 is 0 Å². The van der Waals surface area contributed by atoms with Gasteiger partial charge in [-0.05, 0) is 72.5 Å². The average molecular weight is 543 g/mol. The van der Waals surface area contributed by atoms with E-state index in [0.29, 0.717) is 55.9 Å². The monoisotopic (exact) mass is 542 g/mol. The highest BCUT2D eigenvalue weighted by atomic mass is 35.5. The van der Waals surface area contributed by atoms with E-state index in [1.165, 1.54) is 9.80 Å². The van der Waals surface area contributed by atoms with Gasteiger partial charge in [0.05, 0.1) is 0 Å². The second-order valence-electron chi connectivity index (χ2n) is 9.35. The van der Waals surface area contributed by atoms with Crippen LogP contribution in [-0.2, 0) is 12.8 Å². The molecule has 38 heavy (non-hydrogen) atoms. The molecule has 4 amide bonds. The van der Waals surface area contributed by atoms with E-state index in [1.807, 2.05) is 24.3 Å². The summed E-state index contributed by atoms with van der Waals surface area (Å²) in [6.07, 6.45) is 0.950. The molecule has 0 N–H and O–H groups in total. The first-order valence-electron chi connectivity index (χ1n) is 12.1. The zero-order chi connectivity index (χ0) is 26.6. The highest BCUT2D eigenvalue weighted by molar-refractivity contribution is 6.33. The maximum Gasteiger partial charge on any atom is 0.261 e. The number of imide groups is 2. The molecule has 2 aliphatic rings. The Morgan fingerprint density at radius 3 is 1.03 bits per heavy atom. The molecule has 0 spiro atoms. The normalized spacial score (nSPS) is 14.6. The van der Waals surface area contributed by atoms with E-state index in [0.717, 1.165) is 11.1 Å². The van der Waals surface area contributed by atoms with Gasteiger partial charge in [-0.15, -0.1) is 0 Å². The van der Waals surface area contributed by atoms with Crippen molar-refractivity contribution in [2.45, 2.75) is 12.8 Å². The number of carbonyl (C=O) groups is 4. The van der Waals surface area contributed by atoms with Crippen LogP contribution in [0.3, 0.4) is 0 Å². The van der Waals surface area contributed by atoms with Crippen molar-refractivity contribution >= 4 is 57.6 Å². The summed E-state index contributed by atoms with van der Waals surface area (Å²) in [6.45, 7) is 0.389. The summed E-state index contributed by atoms with van der Waals surface area (Å²) in [4.78, 5) is 56.1. The molecule has 0 unspecified atom stereocenters. The van der Waals surface area contributed by atoms with Gasteiger partial charge in [-0.2, -0.15) is 0 Å². The lowest BCUT2D eigenvalue weighted by atomic mass is 9.85. The van der Waals surface area contributed by atoms with E-state index in [9.17, 15) is 19.2 Å². The molecule has 0 atom stereocenters. The number of nitrogens with zero attached hydrogens (tertiary/aromatic N) is 2. The van der Waals surface area contributed by atoms with E-state index >= 15 is 0 Å². The lowest BCUT2D eigenvalue weighted by molar-refractivity contribution is 0.0590. The zero-order valence-electron chi connectivity index (χ0n) is 20.0. The predicted molar refractivity (Wildman–Crippen MR) is 145 cm³/mol. The van der Waals surface area contributed by atoms with Crippen LogP contribution in [0, 0.1) is 0 Å². The maximum absolute atomic E-state index is 13.4. The number of amides is 4. The van der Waals surface area contributed by atoms with E-state index in [2.05, 4.69) is 0 Å². The first-order chi connectivity index (χ1) is 18.3. The van der Waals surface area contributed by atoms with Gasteiger partial charge in [0.2, 0.25) is 0 Å². The molecule has 188 valence electrons. The quantitative estimate of drug-likeness (QED) is 0.287. The smallest absolute Gasteiger partial charge is 0.261 e. The summed E-state index contributed by atoms with van der Waals surface area (Å²) in [5.41, 5.74) is 3.14. The molecule has 2 heterocycles. The molecule has 8 heteroatoms. The highest BCUT2D eigenvalue weighted by Gasteiger charge is 2.39. The van der Waals surface area contributed by atoms with Gasteiger partial charge in [-0.3, -0.25) is 29.0 Å². The fourth-order valence-corrected chi connectivity index (χ4v) is 5.42. The molecule has 0 saturated heterocycles. The molecule has 0 aliphatic carbocycles. The summed E-state index contributed by atoms with van der Waals surface area (Å²) >= 11 is 11.9. The first kappa shape index (κ1) is 24.3. The van der Waals surface area contributed by atoms with Gasteiger partial charge < -0.3 is 0 Å². The minimum Gasteiger partial charge on any atom is -0.274 e. The fourth-order valence-electron chi connectivity index (χ4n) is 5.16. The minimum atomic E-state index is -0.440. The molecule has 4 aromatic carbocycles. The molecule has 0 saturated carbocycles. The zero-order valence-corrected chi connectivity index (χ0v) is 21.6. The number of rotatable bonds is 6. The topological polar surface area (TPSA) is 74.8 Å². The molecular formula is C30H20Cl2N2O4. The second-order valence-corrected chi connectivity index (χ2v) is 10.2. The van der Waals surface area contributed by atoms with Crippen LogP contribution in [0.15, 0.2) is 72.8 Å². The van der Waals surface area contributed by atoms with Crippen molar-refractivity contribution in [1.82, 2.24) is 9.80 Å². The summed E-state index contributed by atoms with van der Waals surface area (Å²) in [5, 5.41) is 1.97. The van der Waals surface area contributed by atoms with Crippen LogP contribution in [0.2, 0.25) is 10.0 Å². The molecular weight excluding hydrogens is 523 g/mol. The van der Waals surface area contributed by atoms with Gasteiger partial charge in [0.1, 0.15) is 0 Å². The van der Waals surface area contributed by atoms with Crippen molar-refractivity contribution in [2.75, 3.05) is 13.1 Å². The van der Waals surface area contributed by atoms with E-state index in [-0.39, 0.29) is 13.1 Å². The van der Waals surface area contributed by atoms with Gasteiger partial charge in [0.25, 0.3) is 23.6 Å². The highest BCUT2D eigenvalue weighted by Crippen LogP contribution is 2.38. The molecule has 0 aromatic heterocycles. The van der Waals surface area contributed by atoms with E-state index < -0.39 is 23.6 Å². The SMILES string of the molecule is O=C1c2ccc3c4c(ccc(c24)C(=O)N1CCc1ccc(Cl)cc1)C(=O)N(CCc1ccc(Cl)cc1)C3=O. The molecule has 4 aromatic rings. The van der Waals surface area contributed by atoms with Crippen molar-refractivity contribution < 1.29 is 19.2 Å². The Bertz CT molecular complexity index is 1470. The predicted octanol–water partition coefficient (Wildman–Crippen LogP) is 5.82. The minimum absolute atomic E-state index is 0.195. The third-order valence-electron chi connectivity index (χ3n) is 7.14. The number of hydrogen-bond donors (Lipinski definition) is 0. The Hall–Kier alpha value is -4.00. The lowest BCUT2D eigenvalue weighted by Crippen LogP contribution is -2.44. The Balaban J connectivity index is 1.32. The van der Waals surface area contributed by atoms with E-state index in [1.54, 1.807) is 48.5 Å². The standard InChI is InChI=1S/C30H20Cl2N2O4/c31-19-5-1-17(2-6-19)13-15-33-27(35)21-9-11-23-26-24(12-10-22(25(21)26)28(33)36)30(38)34(29(23)37)16-14-18-3-7-20(32)8-4-18/h1-12H,13-16H2. The van der Waals surface area contributed by atoms with Crippen molar-refractivity contribution in [1.29, 1.82) is 0 Å². The number of hydrogen-bond acceptors (Lipinski definition) is 4. The summed E-state index contributed by atoms with van der Waals surface area (Å²) in [7, 11) is 0. The third-order valence-corrected chi connectivity index (χ3v) is 7.64. The maximum atomic E-state index is 13.4. The Kier molecular flexibility index (Phi) is 6.01. The van der Waals surface area contributed by atoms with Crippen molar-refractivity contribution in [2.24, 2.45) is 0 Å².